The minimum absolute atomic E-state index is 0.307. The van der Waals surface area contributed by atoms with Crippen molar-refractivity contribution >= 4 is 11.6 Å². The Morgan fingerprint density at radius 2 is 1.94 bits per heavy atom. The average Bonchev–Trinajstić information content (AvgIpc) is 3.42. The first-order chi connectivity index (χ1) is 16.2. The van der Waals surface area contributed by atoms with Gasteiger partial charge in [0, 0.05) is 24.7 Å². The standard InChI is InChI=1S/C27H32ClN3O2/c1-3-4-15-31-23(26(28)29-27(31)21-10-6-5-9-19(21)2)17-30-14-8-7-11-22(30)20-12-13-24-25(16-20)33-18-32-24/h5-6,9-10,12-13,16,22H,3-4,7-8,11,14-15,17-18H2,1-2H3. The SMILES string of the molecule is CCCCn1c(-c2ccccc2C)nc(Cl)c1CN1CCCCC1c1ccc2c(c1)OCO2. The second kappa shape index (κ2) is 9.78. The summed E-state index contributed by atoms with van der Waals surface area (Å²) in [4.78, 5) is 7.43. The quantitative estimate of drug-likeness (QED) is 0.386. The number of benzene rings is 2. The summed E-state index contributed by atoms with van der Waals surface area (Å²) in [5, 5.41) is 0.624. The fourth-order valence-corrected chi connectivity index (χ4v) is 5.31. The lowest BCUT2D eigenvalue weighted by molar-refractivity contribution is 0.136. The minimum Gasteiger partial charge on any atom is -0.454 e. The molecule has 0 spiro atoms. The Labute approximate surface area is 201 Å². The Morgan fingerprint density at radius 1 is 1.09 bits per heavy atom. The highest BCUT2D eigenvalue weighted by Gasteiger charge is 2.28. The van der Waals surface area contributed by atoms with Crippen molar-refractivity contribution in [3.05, 3.63) is 64.4 Å². The van der Waals surface area contributed by atoms with Crippen molar-refractivity contribution in [2.24, 2.45) is 0 Å². The molecular formula is C27H32ClN3O2. The fourth-order valence-electron chi connectivity index (χ4n) is 5.06. The maximum atomic E-state index is 6.83. The van der Waals surface area contributed by atoms with E-state index in [1.807, 2.05) is 6.07 Å². The molecular weight excluding hydrogens is 434 g/mol. The zero-order valence-electron chi connectivity index (χ0n) is 19.5. The molecule has 5 rings (SSSR count). The molecule has 0 radical (unpaired) electrons. The molecule has 6 heteroatoms. The molecule has 174 valence electrons. The number of fused-ring (bicyclic) bond motifs is 1. The number of aryl methyl sites for hydroxylation is 1. The first-order valence-corrected chi connectivity index (χ1v) is 12.5. The van der Waals surface area contributed by atoms with Crippen molar-refractivity contribution in [3.63, 3.8) is 0 Å². The number of hydrogen-bond donors (Lipinski definition) is 0. The van der Waals surface area contributed by atoms with Gasteiger partial charge in [-0.25, -0.2) is 4.98 Å². The van der Waals surface area contributed by atoms with E-state index in [0.717, 1.165) is 67.5 Å². The third kappa shape index (κ3) is 4.49. The number of imidazole rings is 1. The second-order valence-corrected chi connectivity index (χ2v) is 9.45. The normalized spacial score (nSPS) is 18.1. The van der Waals surface area contributed by atoms with Crippen molar-refractivity contribution < 1.29 is 9.47 Å². The van der Waals surface area contributed by atoms with Crippen molar-refractivity contribution in [2.45, 2.75) is 65.1 Å². The van der Waals surface area contributed by atoms with Gasteiger partial charge in [0.15, 0.2) is 16.7 Å². The molecule has 1 saturated heterocycles. The number of unbranched alkanes of at least 4 members (excludes halogenated alkanes) is 1. The maximum Gasteiger partial charge on any atom is 0.231 e. The summed E-state index contributed by atoms with van der Waals surface area (Å²) in [6.07, 6.45) is 5.79. The number of hydrogen-bond acceptors (Lipinski definition) is 4. The summed E-state index contributed by atoms with van der Waals surface area (Å²) in [6, 6.07) is 15.2. The van der Waals surface area contributed by atoms with Crippen LogP contribution in [-0.2, 0) is 13.1 Å². The lowest BCUT2D eigenvalue weighted by Crippen LogP contribution is -2.33. The predicted molar refractivity (Wildman–Crippen MR) is 132 cm³/mol. The summed E-state index contributed by atoms with van der Waals surface area (Å²) < 4.78 is 13.5. The highest BCUT2D eigenvalue weighted by atomic mass is 35.5. The summed E-state index contributed by atoms with van der Waals surface area (Å²) in [7, 11) is 0. The molecule has 2 aliphatic heterocycles. The Bertz CT molecular complexity index is 1130. The largest absolute Gasteiger partial charge is 0.454 e. The number of ether oxygens (including phenoxy) is 2. The van der Waals surface area contributed by atoms with Crippen LogP contribution in [0.25, 0.3) is 11.4 Å². The van der Waals surface area contributed by atoms with E-state index in [1.54, 1.807) is 0 Å². The van der Waals surface area contributed by atoms with E-state index in [4.69, 9.17) is 26.1 Å². The third-order valence-electron chi connectivity index (χ3n) is 6.89. The monoisotopic (exact) mass is 465 g/mol. The lowest BCUT2D eigenvalue weighted by Gasteiger charge is -2.36. The van der Waals surface area contributed by atoms with E-state index in [0.29, 0.717) is 18.0 Å². The first kappa shape index (κ1) is 22.3. The van der Waals surface area contributed by atoms with Gasteiger partial charge in [0.2, 0.25) is 6.79 Å². The molecule has 1 atom stereocenters. The van der Waals surface area contributed by atoms with Gasteiger partial charge >= 0.3 is 0 Å². The summed E-state index contributed by atoms with van der Waals surface area (Å²) in [5.41, 5.74) is 4.79. The highest BCUT2D eigenvalue weighted by Crippen LogP contribution is 2.39. The summed E-state index contributed by atoms with van der Waals surface area (Å²) >= 11 is 6.83. The van der Waals surface area contributed by atoms with Crippen molar-refractivity contribution in [1.29, 1.82) is 0 Å². The van der Waals surface area contributed by atoms with Gasteiger partial charge in [-0.05, 0) is 56.0 Å². The van der Waals surface area contributed by atoms with Crippen LogP contribution in [0.3, 0.4) is 0 Å². The van der Waals surface area contributed by atoms with Gasteiger partial charge < -0.3 is 14.0 Å². The zero-order chi connectivity index (χ0) is 22.8. The molecule has 1 aromatic heterocycles. The number of nitrogens with zero attached hydrogens (tertiary/aromatic N) is 3. The molecule has 0 N–H and O–H groups in total. The number of rotatable bonds is 7. The first-order valence-electron chi connectivity index (χ1n) is 12.1. The molecule has 2 aromatic carbocycles. The van der Waals surface area contributed by atoms with Crippen molar-refractivity contribution in [1.82, 2.24) is 14.5 Å². The topological polar surface area (TPSA) is 39.5 Å². The number of likely N-dealkylation sites (tertiary alicyclic amines) is 1. The Balaban J connectivity index is 1.48. The van der Waals surface area contributed by atoms with Crippen molar-refractivity contribution in [3.8, 4) is 22.9 Å². The summed E-state index contributed by atoms with van der Waals surface area (Å²) in [5.74, 6) is 2.67. The molecule has 1 fully saturated rings. The molecule has 1 unspecified atom stereocenters. The van der Waals surface area contributed by atoms with Gasteiger partial charge in [-0.3, -0.25) is 4.90 Å². The van der Waals surface area contributed by atoms with Crippen LogP contribution in [0.1, 0.15) is 61.9 Å². The highest BCUT2D eigenvalue weighted by molar-refractivity contribution is 6.30. The molecule has 3 heterocycles. The van der Waals surface area contributed by atoms with E-state index in [1.165, 1.54) is 24.0 Å². The van der Waals surface area contributed by atoms with E-state index in [2.05, 4.69) is 59.7 Å². The molecule has 0 saturated carbocycles. The Morgan fingerprint density at radius 3 is 2.79 bits per heavy atom. The van der Waals surface area contributed by atoms with Crippen LogP contribution in [0.5, 0.6) is 11.5 Å². The van der Waals surface area contributed by atoms with Gasteiger partial charge in [-0.15, -0.1) is 0 Å². The van der Waals surface area contributed by atoms with Crippen LogP contribution in [0, 0.1) is 6.92 Å². The van der Waals surface area contributed by atoms with E-state index < -0.39 is 0 Å². The van der Waals surface area contributed by atoms with Gasteiger partial charge in [0.25, 0.3) is 0 Å². The Kier molecular flexibility index (Phi) is 6.61. The number of piperidine rings is 1. The fraction of sp³-hybridized carbons (Fsp3) is 0.444. The smallest absolute Gasteiger partial charge is 0.231 e. The van der Waals surface area contributed by atoms with E-state index in [-0.39, 0.29) is 0 Å². The predicted octanol–water partition coefficient (Wildman–Crippen LogP) is 6.77. The molecule has 2 aliphatic rings. The Hall–Kier alpha value is -2.50. The zero-order valence-corrected chi connectivity index (χ0v) is 20.3. The average molecular weight is 466 g/mol. The van der Waals surface area contributed by atoms with Crippen LogP contribution in [0.2, 0.25) is 5.15 Å². The van der Waals surface area contributed by atoms with Gasteiger partial charge in [0.1, 0.15) is 5.82 Å². The van der Waals surface area contributed by atoms with Crippen LogP contribution >= 0.6 is 11.6 Å². The number of halogens is 1. The van der Waals surface area contributed by atoms with Gasteiger partial charge in [-0.2, -0.15) is 0 Å². The molecule has 3 aromatic rings. The third-order valence-corrected chi connectivity index (χ3v) is 7.20. The van der Waals surface area contributed by atoms with Crippen LogP contribution in [0.15, 0.2) is 42.5 Å². The van der Waals surface area contributed by atoms with Crippen LogP contribution in [-0.4, -0.2) is 27.8 Å². The molecule has 0 bridgehead atoms. The molecule has 0 amide bonds. The molecule has 5 nitrogen and oxygen atoms in total. The second-order valence-electron chi connectivity index (χ2n) is 9.09. The van der Waals surface area contributed by atoms with Gasteiger partial charge in [-0.1, -0.05) is 61.7 Å². The molecule has 0 aliphatic carbocycles. The van der Waals surface area contributed by atoms with Gasteiger partial charge in [0.05, 0.1) is 5.69 Å². The summed E-state index contributed by atoms with van der Waals surface area (Å²) in [6.45, 7) is 7.45. The maximum absolute atomic E-state index is 6.83. The lowest BCUT2D eigenvalue weighted by atomic mass is 9.94. The molecule has 33 heavy (non-hydrogen) atoms. The number of aromatic nitrogens is 2. The van der Waals surface area contributed by atoms with Crippen molar-refractivity contribution in [2.75, 3.05) is 13.3 Å². The minimum atomic E-state index is 0.307. The van der Waals surface area contributed by atoms with E-state index in [9.17, 15) is 0 Å². The van der Waals surface area contributed by atoms with Crippen LogP contribution < -0.4 is 9.47 Å². The van der Waals surface area contributed by atoms with E-state index >= 15 is 0 Å². The van der Waals surface area contributed by atoms with Crippen LogP contribution in [0.4, 0.5) is 0 Å².